The Morgan fingerprint density at radius 3 is 2.50 bits per heavy atom. The maximum Gasteiger partial charge on any atom is 0.0474 e. The van der Waals surface area contributed by atoms with Crippen LogP contribution in [0.25, 0.3) is 0 Å². The molecule has 0 amide bonds. The molecular weight excluding hydrogens is 265 g/mol. The molecule has 0 aliphatic heterocycles. The van der Waals surface area contributed by atoms with Crippen molar-refractivity contribution in [3.05, 3.63) is 34.3 Å². The number of halogens is 2. The largest absolute Gasteiger partial charge is 0.396 e. The van der Waals surface area contributed by atoms with Gasteiger partial charge in [0, 0.05) is 11.1 Å². The number of aliphatic hydroxyl groups is 1. The minimum atomic E-state index is 0. The van der Waals surface area contributed by atoms with Crippen molar-refractivity contribution >= 4 is 28.3 Å². The fourth-order valence-electron chi connectivity index (χ4n) is 1.20. The summed E-state index contributed by atoms with van der Waals surface area (Å²) in [6, 6.07) is 8.01. The second-order valence-electron chi connectivity index (χ2n) is 3.08. The lowest BCUT2D eigenvalue weighted by molar-refractivity contribution is 0.229. The SMILES string of the molecule is Cl.NCC(CO)Cc1ccccc1Br. The standard InChI is InChI=1S/C10H14BrNO.ClH/c11-10-4-2-1-3-9(10)5-8(6-12)7-13;/h1-4,8,13H,5-7,12H2;1H. The van der Waals surface area contributed by atoms with Crippen molar-refractivity contribution in [3.63, 3.8) is 0 Å². The van der Waals surface area contributed by atoms with E-state index < -0.39 is 0 Å². The van der Waals surface area contributed by atoms with Crippen LogP contribution in [0.1, 0.15) is 5.56 Å². The highest BCUT2D eigenvalue weighted by molar-refractivity contribution is 9.10. The molecule has 80 valence electrons. The molecule has 1 atom stereocenters. The zero-order chi connectivity index (χ0) is 9.68. The van der Waals surface area contributed by atoms with Crippen LogP contribution in [0.3, 0.4) is 0 Å². The Bertz CT molecular complexity index is 266. The number of hydrogen-bond donors (Lipinski definition) is 2. The van der Waals surface area contributed by atoms with Gasteiger partial charge in [0.05, 0.1) is 0 Å². The molecule has 0 aliphatic carbocycles. The fourth-order valence-corrected chi connectivity index (χ4v) is 1.64. The lowest BCUT2D eigenvalue weighted by Crippen LogP contribution is -2.20. The zero-order valence-corrected chi connectivity index (χ0v) is 10.2. The zero-order valence-electron chi connectivity index (χ0n) is 7.82. The van der Waals surface area contributed by atoms with Gasteiger partial charge in [-0.1, -0.05) is 34.1 Å². The third-order valence-electron chi connectivity index (χ3n) is 2.06. The third kappa shape index (κ3) is 3.96. The minimum absolute atomic E-state index is 0. The number of nitrogens with two attached hydrogens (primary N) is 1. The summed E-state index contributed by atoms with van der Waals surface area (Å²) in [5.74, 6) is 0.165. The van der Waals surface area contributed by atoms with E-state index in [9.17, 15) is 0 Å². The van der Waals surface area contributed by atoms with Crippen LogP contribution in [0.4, 0.5) is 0 Å². The van der Waals surface area contributed by atoms with Crippen molar-refractivity contribution in [1.29, 1.82) is 0 Å². The second kappa shape index (κ2) is 7.23. The van der Waals surface area contributed by atoms with Crippen LogP contribution in [-0.4, -0.2) is 18.3 Å². The van der Waals surface area contributed by atoms with Gasteiger partial charge < -0.3 is 10.8 Å². The van der Waals surface area contributed by atoms with Crippen molar-refractivity contribution in [3.8, 4) is 0 Å². The molecule has 0 aliphatic rings. The van der Waals surface area contributed by atoms with Gasteiger partial charge in [0.25, 0.3) is 0 Å². The Labute approximate surface area is 99.0 Å². The first-order valence-electron chi connectivity index (χ1n) is 4.32. The first-order chi connectivity index (χ1) is 6.27. The van der Waals surface area contributed by atoms with E-state index in [-0.39, 0.29) is 24.9 Å². The molecule has 0 saturated heterocycles. The van der Waals surface area contributed by atoms with Gasteiger partial charge in [-0.3, -0.25) is 0 Å². The molecule has 0 bridgehead atoms. The number of benzene rings is 1. The van der Waals surface area contributed by atoms with E-state index in [1.54, 1.807) is 0 Å². The number of aliphatic hydroxyl groups excluding tert-OH is 1. The topological polar surface area (TPSA) is 46.2 Å². The molecule has 0 saturated carbocycles. The molecule has 0 heterocycles. The highest BCUT2D eigenvalue weighted by Crippen LogP contribution is 2.18. The molecule has 3 N–H and O–H groups in total. The molecule has 0 spiro atoms. The summed E-state index contributed by atoms with van der Waals surface area (Å²) in [4.78, 5) is 0. The Hall–Kier alpha value is -0.0900. The maximum absolute atomic E-state index is 8.98. The average molecular weight is 281 g/mol. The molecule has 1 unspecified atom stereocenters. The summed E-state index contributed by atoms with van der Waals surface area (Å²) in [6.45, 7) is 0.676. The van der Waals surface area contributed by atoms with Gasteiger partial charge in [-0.05, 0) is 30.5 Å². The van der Waals surface area contributed by atoms with Crippen LogP contribution in [0, 0.1) is 5.92 Å². The summed E-state index contributed by atoms with van der Waals surface area (Å²) in [7, 11) is 0. The van der Waals surface area contributed by atoms with Crippen LogP contribution in [0.5, 0.6) is 0 Å². The third-order valence-corrected chi connectivity index (χ3v) is 2.83. The maximum atomic E-state index is 8.98. The van der Waals surface area contributed by atoms with E-state index >= 15 is 0 Å². The van der Waals surface area contributed by atoms with Gasteiger partial charge in [-0.2, -0.15) is 0 Å². The minimum Gasteiger partial charge on any atom is -0.396 e. The molecule has 14 heavy (non-hydrogen) atoms. The fraction of sp³-hybridized carbons (Fsp3) is 0.400. The summed E-state index contributed by atoms with van der Waals surface area (Å²) in [5.41, 5.74) is 6.71. The van der Waals surface area contributed by atoms with Crippen LogP contribution in [-0.2, 0) is 6.42 Å². The highest BCUT2D eigenvalue weighted by atomic mass is 79.9. The normalized spacial score (nSPS) is 11.9. The molecule has 4 heteroatoms. The molecule has 1 rings (SSSR count). The average Bonchev–Trinajstić information content (AvgIpc) is 2.17. The summed E-state index contributed by atoms with van der Waals surface area (Å²) >= 11 is 3.46. The number of hydrogen-bond acceptors (Lipinski definition) is 2. The monoisotopic (exact) mass is 279 g/mol. The summed E-state index contributed by atoms with van der Waals surface area (Å²) < 4.78 is 1.09. The van der Waals surface area contributed by atoms with Crippen molar-refractivity contribution in [2.45, 2.75) is 6.42 Å². The van der Waals surface area contributed by atoms with Crippen molar-refractivity contribution < 1.29 is 5.11 Å². The van der Waals surface area contributed by atoms with E-state index in [0.29, 0.717) is 6.54 Å². The van der Waals surface area contributed by atoms with Gasteiger partial charge in [0.1, 0.15) is 0 Å². The molecule has 1 aromatic rings. The molecule has 0 aromatic heterocycles. The van der Waals surface area contributed by atoms with Crippen molar-refractivity contribution in [2.75, 3.05) is 13.2 Å². The smallest absolute Gasteiger partial charge is 0.0474 e. The second-order valence-corrected chi connectivity index (χ2v) is 3.93. The van der Waals surface area contributed by atoms with Crippen LogP contribution in [0.2, 0.25) is 0 Å². The lowest BCUT2D eigenvalue weighted by atomic mass is 10.0. The number of rotatable bonds is 4. The van der Waals surface area contributed by atoms with Gasteiger partial charge in [-0.25, -0.2) is 0 Å². The Kier molecular flexibility index (Phi) is 7.19. The van der Waals surface area contributed by atoms with E-state index in [4.69, 9.17) is 10.8 Å². The van der Waals surface area contributed by atoms with E-state index in [2.05, 4.69) is 15.9 Å². The predicted molar refractivity (Wildman–Crippen MR) is 64.7 cm³/mol. The molecular formula is C10H15BrClNO. The van der Waals surface area contributed by atoms with Crippen LogP contribution >= 0.6 is 28.3 Å². The van der Waals surface area contributed by atoms with Crippen LogP contribution < -0.4 is 5.73 Å². The summed E-state index contributed by atoms with van der Waals surface area (Å²) in [5, 5.41) is 8.98. The van der Waals surface area contributed by atoms with Crippen molar-refractivity contribution in [2.24, 2.45) is 11.7 Å². The molecule has 0 radical (unpaired) electrons. The molecule has 1 aromatic carbocycles. The first-order valence-corrected chi connectivity index (χ1v) is 5.11. The van der Waals surface area contributed by atoms with E-state index in [1.165, 1.54) is 5.56 Å². The lowest BCUT2D eigenvalue weighted by Gasteiger charge is -2.12. The van der Waals surface area contributed by atoms with Gasteiger partial charge >= 0.3 is 0 Å². The van der Waals surface area contributed by atoms with Gasteiger partial charge in [0.2, 0.25) is 0 Å². The predicted octanol–water partition coefficient (Wildman–Crippen LogP) is 1.98. The highest BCUT2D eigenvalue weighted by Gasteiger charge is 2.07. The molecule has 0 fully saturated rings. The Morgan fingerprint density at radius 2 is 2.00 bits per heavy atom. The van der Waals surface area contributed by atoms with Crippen LogP contribution in [0.15, 0.2) is 28.7 Å². The van der Waals surface area contributed by atoms with E-state index in [1.807, 2.05) is 24.3 Å². The van der Waals surface area contributed by atoms with E-state index in [0.717, 1.165) is 10.9 Å². The van der Waals surface area contributed by atoms with Gasteiger partial charge in [-0.15, -0.1) is 12.4 Å². The quantitative estimate of drug-likeness (QED) is 0.886. The summed E-state index contributed by atoms with van der Waals surface area (Å²) in [6.07, 6.45) is 0.828. The first kappa shape index (κ1) is 13.9. The van der Waals surface area contributed by atoms with Gasteiger partial charge in [0.15, 0.2) is 0 Å². The Balaban J connectivity index is 0.00000169. The molecule has 2 nitrogen and oxygen atoms in total. The van der Waals surface area contributed by atoms with Crippen molar-refractivity contribution in [1.82, 2.24) is 0 Å². The Morgan fingerprint density at radius 1 is 1.36 bits per heavy atom.